The number of carbonyl (C=O) groups is 1. The second-order valence-corrected chi connectivity index (χ2v) is 6.40. The fraction of sp³-hybridized carbons (Fsp3) is 0.421. The van der Waals surface area contributed by atoms with Crippen LogP contribution in [0, 0.1) is 11.3 Å². The summed E-state index contributed by atoms with van der Waals surface area (Å²) in [6.07, 6.45) is 4.41. The van der Waals surface area contributed by atoms with E-state index in [1.54, 1.807) is 31.3 Å². The molecule has 2 aromatic rings. The Labute approximate surface area is 145 Å². The molecule has 1 fully saturated rings. The Morgan fingerprint density at radius 2 is 2.00 bits per heavy atom. The summed E-state index contributed by atoms with van der Waals surface area (Å²) in [5.41, 5.74) is -0.755. The maximum absolute atomic E-state index is 12.5. The van der Waals surface area contributed by atoms with Crippen molar-refractivity contribution in [3.8, 4) is 11.8 Å². The Kier molecular flexibility index (Phi) is 4.75. The summed E-state index contributed by atoms with van der Waals surface area (Å²) in [4.78, 5) is 25.3. The lowest BCUT2D eigenvalue weighted by atomic mass is 9.81. The van der Waals surface area contributed by atoms with Crippen molar-refractivity contribution in [2.75, 3.05) is 13.7 Å². The lowest BCUT2D eigenvalue weighted by molar-refractivity contribution is -0.137. The first-order valence-electron chi connectivity index (χ1n) is 8.39. The van der Waals surface area contributed by atoms with E-state index in [4.69, 9.17) is 9.15 Å². The minimum Gasteiger partial charge on any atom is -0.484 e. The molecule has 0 bridgehead atoms. The minimum atomic E-state index is -0.727. The van der Waals surface area contributed by atoms with E-state index in [1.165, 1.54) is 11.0 Å². The van der Waals surface area contributed by atoms with Crippen LogP contribution in [-0.2, 0) is 4.79 Å². The van der Waals surface area contributed by atoms with E-state index in [0.717, 1.165) is 24.6 Å². The molecule has 1 aromatic heterocycles. The third-order valence-electron chi connectivity index (χ3n) is 4.86. The highest BCUT2D eigenvalue weighted by Gasteiger charge is 2.38. The summed E-state index contributed by atoms with van der Waals surface area (Å²) in [6, 6.07) is 10.4. The Balaban J connectivity index is 1.69. The molecule has 0 N–H and O–H groups in total. The van der Waals surface area contributed by atoms with Gasteiger partial charge in [0.1, 0.15) is 16.9 Å². The van der Waals surface area contributed by atoms with Gasteiger partial charge in [0.15, 0.2) is 6.61 Å². The minimum absolute atomic E-state index is 0.164. The van der Waals surface area contributed by atoms with Gasteiger partial charge in [-0.25, -0.2) is 4.79 Å². The van der Waals surface area contributed by atoms with Crippen molar-refractivity contribution in [2.45, 2.75) is 37.6 Å². The van der Waals surface area contributed by atoms with Crippen LogP contribution in [0.5, 0.6) is 5.75 Å². The highest BCUT2D eigenvalue weighted by atomic mass is 16.5. The van der Waals surface area contributed by atoms with E-state index in [2.05, 4.69) is 6.07 Å². The van der Waals surface area contributed by atoms with E-state index in [0.29, 0.717) is 24.2 Å². The van der Waals surface area contributed by atoms with Crippen LogP contribution in [0.3, 0.4) is 0 Å². The number of fused-ring (bicyclic) bond motifs is 1. The first kappa shape index (κ1) is 17.0. The first-order chi connectivity index (χ1) is 12.0. The zero-order chi connectivity index (χ0) is 17.9. The summed E-state index contributed by atoms with van der Waals surface area (Å²) in [6.45, 7) is -0.164. The molecule has 1 aliphatic carbocycles. The van der Waals surface area contributed by atoms with Gasteiger partial charge in [-0.15, -0.1) is 0 Å². The van der Waals surface area contributed by atoms with Gasteiger partial charge in [0.2, 0.25) is 0 Å². The molecule has 1 amide bonds. The van der Waals surface area contributed by atoms with Gasteiger partial charge >= 0.3 is 5.63 Å². The Morgan fingerprint density at radius 1 is 1.28 bits per heavy atom. The Hall–Kier alpha value is -2.81. The van der Waals surface area contributed by atoms with Gasteiger partial charge in [-0.2, -0.15) is 5.26 Å². The molecule has 130 valence electrons. The lowest BCUT2D eigenvalue weighted by Crippen LogP contribution is -2.51. The van der Waals surface area contributed by atoms with Crippen molar-refractivity contribution in [3.05, 3.63) is 40.8 Å². The Morgan fingerprint density at radius 3 is 2.72 bits per heavy atom. The molecule has 0 unspecified atom stereocenters. The number of hydrogen-bond donors (Lipinski definition) is 0. The topological polar surface area (TPSA) is 83.5 Å². The van der Waals surface area contributed by atoms with E-state index in [-0.39, 0.29) is 12.5 Å². The zero-order valence-corrected chi connectivity index (χ0v) is 14.2. The first-order valence-corrected chi connectivity index (χ1v) is 8.39. The third kappa shape index (κ3) is 3.50. The molecule has 1 aromatic carbocycles. The SMILES string of the molecule is CN(C(=O)COc1ccc2ccc(=O)oc2c1)C1(C#N)CCCCC1. The van der Waals surface area contributed by atoms with Gasteiger partial charge in [0, 0.05) is 24.6 Å². The molecule has 1 saturated carbocycles. The van der Waals surface area contributed by atoms with E-state index in [9.17, 15) is 14.9 Å². The number of nitrogens with zero attached hydrogens (tertiary/aromatic N) is 2. The normalized spacial score (nSPS) is 16.2. The fourth-order valence-electron chi connectivity index (χ4n) is 3.27. The average molecular weight is 340 g/mol. The molecule has 0 spiro atoms. The van der Waals surface area contributed by atoms with Crippen LogP contribution in [-0.4, -0.2) is 30.0 Å². The average Bonchev–Trinajstić information content (AvgIpc) is 2.65. The number of hydrogen-bond acceptors (Lipinski definition) is 5. The highest BCUT2D eigenvalue weighted by Crippen LogP contribution is 2.32. The number of rotatable bonds is 4. The van der Waals surface area contributed by atoms with Crippen LogP contribution in [0.4, 0.5) is 0 Å². The summed E-state index contributed by atoms with van der Waals surface area (Å²) >= 11 is 0. The molecular formula is C19H20N2O4. The number of amides is 1. The van der Waals surface area contributed by atoms with Gasteiger partial charge in [-0.05, 0) is 31.0 Å². The molecular weight excluding hydrogens is 320 g/mol. The van der Waals surface area contributed by atoms with Crippen LogP contribution in [0.15, 0.2) is 39.5 Å². The van der Waals surface area contributed by atoms with Crippen molar-refractivity contribution in [1.82, 2.24) is 4.90 Å². The van der Waals surface area contributed by atoms with E-state index in [1.807, 2.05) is 0 Å². The molecule has 0 atom stereocenters. The number of likely N-dealkylation sites (N-methyl/N-ethyl adjacent to an activating group) is 1. The number of ether oxygens (including phenoxy) is 1. The molecule has 0 aliphatic heterocycles. The molecule has 3 rings (SSSR count). The van der Waals surface area contributed by atoms with Gasteiger partial charge in [0.25, 0.3) is 5.91 Å². The van der Waals surface area contributed by atoms with Crippen LogP contribution >= 0.6 is 0 Å². The van der Waals surface area contributed by atoms with Crippen molar-refractivity contribution >= 4 is 16.9 Å². The van der Waals surface area contributed by atoms with Crippen molar-refractivity contribution in [3.63, 3.8) is 0 Å². The molecule has 0 radical (unpaired) electrons. The maximum atomic E-state index is 12.5. The fourth-order valence-corrected chi connectivity index (χ4v) is 3.27. The second-order valence-electron chi connectivity index (χ2n) is 6.40. The van der Waals surface area contributed by atoms with Crippen LogP contribution < -0.4 is 10.4 Å². The van der Waals surface area contributed by atoms with Crippen molar-refractivity contribution in [1.29, 1.82) is 5.26 Å². The predicted octanol–water partition coefficient (Wildman–Crippen LogP) is 2.86. The maximum Gasteiger partial charge on any atom is 0.336 e. The molecule has 0 saturated heterocycles. The van der Waals surface area contributed by atoms with Crippen LogP contribution in [0.25, 0.3) is 11.0 Å². The second kappa shape index (κ2) is 6.98. The molecule has 1 heterocycles. The van der Waals surface area contributed by atoms with Crippen LogP contribution in [0.1, 0.15) is 32.1 Å². The van der Waals surface area contributed by atoms with Crippen LogP contribution in [0.2, 0.25) is 0 Å². The van der Waals surface area contributed by atoms with Gasteiger partial charge in [-0.3, -0.25) is 4.79 Å². The molecule has 6 nitrogen and oxygen atoms in total. The van der Waals surface area contributed by atoms with Gasteiger partial charge in [-0.1, -0.05) is 19.3 Å². The van der Waals surface area contributed by atoms with E-state index < -0.39 is 11.2 Å². The number of nitriles is 1. The summed E-state index contributed by atoms with van der Waals surface area (Å²) < 4.78 is 10.7. The monoisotopic (exact) mass is 340 g/mol. The molecule has 6 heteroatoms. The summed E-state index contributed by atoms with van der Waals surface area (Å²) in [5, 5.41) is 10.3. The smallest absolute Gasteiger partial charge is 0.336 e. The highest BCUT2D eigenvalue weighted by molar-refractivity contribution is 5.80. The summed E-state index contributed by atoms with van der Waals surface area (Å²) in [7, 11) is 1.67. The van der Waals surface area contributed by atoms with Crippen molar-refractivity contribution < 1.29 is 13.9 Å². The standard InChI is InChI=1S/C19H20N2O4/c1-21(19(13-20)9-3-2-4-10-19)17(22)12-24-15-7-5-14-6-8-18(23)25-16(14)11-15/h5-8,11H,2-4,9-10,12H2,1H3. The number of carbonyl (C=O) groups excluding carboxylic acids is 1. The van der Waals surface area contributed by atoms with E-state index >= 15 is 0 Å². The van der Waals surface area contributed by atoms with Gasteiger partial charge in [0.05, 0.1) is 6.07 Å². The van der Waals surface area contributed by atoms with Crippen molar-refractivity contribution in [2.24, 2.45) is 0 Å². The molecule has 25 heavy (non-hydrogen) atoms. The Bertz CT molecular complexity index is 875. The predicted molar refractivity (Wildman–Crippen MR) is 92.2 cm³/mol. The summed E-state index contributed by atoms with van der Waals surface area (Å²) in [5.74, 6) is 0.205. The quantitative estimate of drug-likeness (QED) is 0.799. The lowest BCUT2D eigenvalue weighted by Gasteiger charge is -2.38. The zero-order valence-electron chi connectivity index (χ0n) is 14.2. The largest absolute Gasteiger partial charge is 0.484 e. The third-order valence-corrected chi connectivity index (χ3v) is 4.86. The van der Waals surface area contributed by atoms with Gasteiger partial charge < -0.3 is 14.1 Å². The molecule has 1 aliphatic rings. The number of benzene rings is 1.